The van der Waals surface area contributed by atoms with Gasteiger partial charge < -0.3 is 10.6 Å². The third kappa shape index (κ3) is 2.83. The molecule has 142 valence electrons. The summed E-state index contributed by atoms with van der Waals surface area (Å²) in [7, 11) is 0. The lowest BCUT2D eigenvalue weighted by atomic mass is 9.57. The largest absolute Gasteiger partial charge is 0.399 e. The molecule has 1 aromatic carbocycles. The van der Waals surface area contributed by atoms with Crippen LogP contribution in [0.1, 0.15) is 44.6 Å². The van der Waals surface area contributed by atoms with Crippen molar-refractivity contribution < 1.29 is 0 Å². The van der Waals surface area contributed by atoms with Crippen molar-refractivity contribution in [3.63, 3.8) is 0 Å². The minimum Gasteiger partial charge on any atom is -0.399 e. The van der Waals surface area contributed by atoms with Crippen LogP contribution in [0.2, 0.25) is 0 Å². The number of nitrogens with two attached hydrogens (primary N) is 1. The Labute approximate surface area is 167 Å². The van der Waals surface area contributed by atoms with E-state index in [0.29, 0.717) is 5.57 Å². The van der Waals surface area contributed by atoms with Crippen LogP contribution < -0.4 is 10.6 Å². The molecule has 0 aliphatic heterocycles. The van der Waals surface area contributed by atoms with Gasteiger partial charge in [0.05, 0.1) is 23.4 Å². The zero-order valence-electron chi connectivity index (χ0n) is 16.4. The Morgan fingerprint density at radius 3 is 2.29 bits per heavy atom. The number of nitrogens with zero attached hydrogens (tertiary/aromatic N) is 4. The fraction of sp³-hybridized carbons (Fsp3) is 0.435. The van der Waals surface area contributed by atoms with Gasteiger partial charge in [-0.2, -0.15) is 15.8 Å². The predicted molar refractivity (Wildman–Crippen MR) is 109 cm³/mol. The van der Waals surface area contributed by atoms with Crippen LogP contribution in [0.5, 0.6) is 0 Å². The normalized spacial score (nSPS) is 22.9. The molecular formula is C23H25N5. The molecule has 1 aromatic rings. The monoisotopic (exact) mass is 371 g/mol. The maximum absolute atomic E-state index is 10.0. The average Bonchev–Trinajstić information content (AvgIpc) is 2.74. The molecule has 0 heterocycles. The van der Waals surface area contributed by atoms with Gasteiger partial charge in [0.2, 0.25) is 0 Å². The van der Waals surface area contributed by atoms with Gasteiger partial charge in [-0.05, 0) is 62.3 Å². The molecule has 28 heavy (non-hydrogen) atoms. The van der Waals surface area contributed by atoms with Crippen molar-refractivity contribution in [3.05, 3.63) is 52.7 Å². The van der Waals surface area contributed by atoms with Gasteiger partial charge in [-0.25, -0.2) is 0 Å². The number of allylic oxidation sites excluding steroid dienone is 4. The van der Waals surface area contributed by atoms with E-state index in [1.54, 1.807) is 0 Å². The van der Waals surface area contributed by atoms with Crippen molar-refractivity contribution in [2.24, 2.45) is 17.1 Å². The molecule has 2 aliphatic carbocycles. The maximum Gasteiger partial charge on any atom is 0.191 e. The van der Waals surface area contributed by atoms with Gasteiger partial charge >= 0.3 is 0 Å². The molecule has 0 fully saturated rings. The van der Waals surface area contributed by atoms with Crippen molar-refractivity contribution in [2.75, 3.05) is 18.0 Å². The maximum atomic E-state index is 10.0. The zero-order chi connectivity index (χ0) is 20.3. The van der Waals surface area contributed by atoms with Crippen LogP contribution in [0.25, 0.3) is 0 Å². The molecule has 0 spiro atoms. The Bertz CT molecular complexity index is 915. The number of fused-ring (bicyclic) bond motifs is 1. The van der Waals surface area contributed by atoms with E-state index >= 15 is 0 Å². The highest BCUT2D eigenvalue weighted by molar-refractivity contribution is 5.60. The standard InChI is InChI=1S/C23H25N5/c1-3-28(4-2)17-11-9-16(10-12-17)21-19-8-6-5-7-18(19)20(13-24)22(27)23(21,14-25)15-26/h7,9-12,19,21H,3-6,8,27H2,1-2H3. The van der Waals surface area contributed by atoms with Crippen molar-refractivity contribution in [1.29, 1.82) is 15.8 Å². The number of benzene rings is 1. The highest BCUT2D eigenvalue weighted by Gasteiger charge is 2.53. The number of nitriles is 3. The summed E-state index contributed by atoms with van der Waals surface area (Å²) < 4.78 is 0. The fourth-order valence-corrected chi connectivity index (χ4v) is 4.73. The van der Waals surface area contributed by atoms with Crippen LogP contribution in [-0.2, 0) is 0 Å². The molecule has 0 bridgehead atoms. The Balaban J connectivity index is 2.18. The number of rotatable bonds is 4. The SMILES string of the molecule is CCN(CC)c1ccc(C2C3CCCC=C3C(C#N)=C(N)C2(C#N)C#N)cc1. The summed E-state index contributed by atoms with van der Waals surface area (Å²) in [5.41, 5.74) is 8.15. The molecule has 2 unspecified atom stereocenters. The first-order chi connectivity index (χ1) is 13.6. The molecule has 5 heteroatoms. The van der Waals surface area contributed by atoms with Crippen LogP contribution >= 0.6 is 0 Å². The van der Waals surface area contributed by atoms with Gasteiger partial charge in [0, 0.05) is 24.7 Å². The predicted octanol–water partition coefficient (Wildman–Crippen LogP) is 4.13. The molecule has 0 amide bonds. The van der Waals surface area contributed by atoms with E-state index in [1.165, 1.54) is 0 Å². The third-order valence-corrected chi connectivity index (χ3v) is 6.18. The van der Waals surface area contributed by atoms with Crippen molar-refractivity contribution in [2.45, 2.75) is 39.0 Å². The number of anilines is 1. The fourth-order valence-electron chi connectivity index (χ4n) is 4.73. The molecule has 2 atom stereocenters. The second-order valence-electron chi connectivity index (χ2n) is 7.37. The summed E-state index contributed by atoms with van der Waals surface area (Å²) in [6.45, 7) is 6.05. The minimum atomic E-state index is -1.53. The number of hydrogen-bond acceptors (Lipinski definition) is 5. The Morgan fingerprint density at radius 1 is 1.11 bits per heavy atom. The van der Waals surface area contributed by atoms with E-state index in [2.05, 4.69) is 43.0 Å². The number of hydrogen-bond donors (Lipinski definition) is 1. The summed E-state index contributed by atoms with van der Waals surface area (Å²) in [6, 6.07) is 14.7. The lowest BCUT2D eigenvalue weighted by Crippen LogP contribution is -2.42. The van der Waals surface area contributed by atoms with E-state index in [9.17, 15) is 15.8 Å². The Morgan fingerprint density at radius 2 is 1.75 bits per heavy atom. The van der Waals surface area contributed by atoms with E-state index < -0.39 is 5.41 Å². The molecule has 3 rings (SSSR count). The first-order valence-electron chi connectivity index (χ1n) is 9.86. The van der Waals surface area contributed by atoms with Crippen molar-refractivity contribution in [3.8, 4) is 18.2 Å². The summed E-state index contributed by atoms with van der Waals surface area (Å²) in [6.07, 6.45) is 4.78. The van der Waals surface area contributed by atoms with Gasteiger partial charge in [-0.3, -0.25) is 0 Å². The summed E-state index contributed by atoms with van der Waals surface area (Å²) in [5.74, 6) is -0.425. The molecule has 0 saturated heterocycles. The van der Waals surface area contributed by atoms with Gasteiger partial charge in [-0.15, -0.1) is 0 Å². The second-order valence-corrected chi connectivity index (χ2v) is 7.37. The zero-order valence-corrected chi connectivity index (χ0v) is 16.4. The molecule has 0 radical (unpaired) electrons. The summed E-state index contributed by atoms with van der Waals surface area (Å²) >= 11 is 0. The van der Waals surface area contributed by atoms with Gasteiger partial charge in [0.25, 0.3) is 0 Å². The van der Waals surface area contributed by atoms with E-state index in [1.807, 2.05) is 24.3 Å². The Hall–Kier alpha value is -3.23. The van der Waals surface area contributed by atoms with Crippen LogP contribution in [0.3, 0.4) is 0 Å². The van der Waals surface area contributed by atoms with Crippen LogP contribution in [0, 0.1) is 45.3 Å². The highest BCUT2D eigenvalue weighted by Crippen LogP contribution is 2.55. The van der Waals surface area contributed by atoms with Gasteiger partial charge in [0.1, 0.15) is 6.07 Å². The van der Waals surface area contributed by atoms with Crippen molar-refractivity contribution >= 4 is 5.69 Å². The Kier molecular flexibility index (Phi) is 5.43. The lowest BCUT2D eigenvalue weighted by molar-refractivity contribution is 0.317. The van der Waals surface area contributed by atoms with Gasteiger partial charge in [-0.1, -0.05) is 18.2 Å². The smallest absolute Gasteiger partial charge is 0.191 e. The first kappa shape index (κ1) is 19.5. The third-order valence-electron chi connectivity index (χ3n) is 6.18. The average molecular weight is 371 g/mol. The molecule has 2 N–H and O–H groups in total. The van der Waals surface area contributed by atoms with Crippen molar-refractivity contribution in [1.82, 2.24) is 0 Å². The molecule has 5 nitrogen and oxygen atoms in total. The minimum absolute atomic E-state index is 0.0469. The second kappa shape index (κ2) is 7.79. The van der Waals surface area contributed by atoms with Crippen LogP contribution in [0.15, 0.2) is 47.2 Å². The van der Waals surface area contributed by atoms with Crippen LogP contribution in [-0.4, -0.2) is 13.1 Å². The van der Waals surface area contributed by atoms with E-state index in [0.717, 1.165) is 49.2 Å². The summed E-state index contributed by atoms with van der Waals surface area (Å²) in [4.78, 5) is 2.25. The van der Waals surface area contributed by atoms with Gasteiger partial charge in [0.15, 0.2) is 5.41 Å². The van der Waals surface area contributed by atoms with E-state index in [4.69, 9.17) is 5.73 Å². The molecular weight excluding hydrogens is 346 g/mol. The summed E-state index contributed by atoms with van der Waals surface area (Å²) in [5, 5.41) is 29.8. The highest BCUT2D eigenvalue weighted by atomic mass is 15.1. The molecule has 0 saturated carbocycles. The first-order valence-corrected chi connectivity index (χ1v) is 9.86. The molecule has 2 aliphatic rings. The quantitative estimate of drug-likeness (QED) is 0.857. The lowest BCUT2D eigenvalue weighted by Gasteiger charge is -2.43. The topological polar surface area (TPSA) is 101 Å². The van der Waals surface area contributed by atoms with E-state index in [-0.39, 0.29) is 17.5 Å². The molecule has 0 aromatic heterocycles. The van der Waals surface area contributed by atoms with Crippen LogP contribution in [0.4, 0.5) is 5.69 Å².